The lowest BCUT2D eigenvalue weighted by molar-refractivity contribution is -0.125. The van der Waals surface area contributed by atoms with Gasteiger partial charge in [0, 0.05) is 12.6 Å². The number of amides is 1. The summed E-state index contributed by atoms with van der Waals surface area (Å²) in [4.78, 5) is 14.2. The predicted octanol–water partition coefficient (Wildman–Crippen LogP) is 0.588. The quantitative estimate of drug-likeness (QED) is 0.651. The van der Waals surface area contributed by atoms with Gasteiger partial charge in [-0.05, 0) is 39.3 Å². The molecule has 1 fully saturated rings. The van der Waals surface area contributed by atoms with E-state index in [1.165, 1.54) is 12.8 Å². The minimum atomic E-state index is -0.110. The smallest absolute Gasteiger partial charge is 0.237 e. The molecule has 0 aromatic rings. The van der Waals surface area contributed by atoms with Crippen molar-refractivity contribution >= 4 is 5.91 Å². The third kappa shape index (κ3) is 4.67. The van der Waals surface area contributed by atoms with Gasteiger partial charge in [0.1, 0.15) is 0 Å². The van der Waals surface area contributed by atoms with E-state index in [2.05, 4.69) is 28.4 Å². The predicted molar refractivity (Wildman–Crippen MR) is 74.2 cm³/mol. The van der Waals surface area contributed by atoms with Crippen LogP contribution in [0.15, 0.2) is 0 Å². The van der Waals surface area contributed by atoms with E-state index in [4.69, 9.17) is 6.42 Å². The first-order chi connectivity index (χ1) is 8.69. The molecular weight excluding hydrogens is 226 g/mol. The Labute approximate surface area is 110 Å². The number of rotatable bonds is 7. The summed E-state index contributed by atoms with van der Waals surface area (Å²) in [6, 6.07) is 0.417. The maximum absolute atomic E-state index is 11.9. The first kappa shape index (κ1) is 15.0. The third-order valence-corrected chi connectivity index (χ3v) is 3.42. The molecule has 0 radical (unpaired) electrons. The highest BCUT2D eigenvalue weighted by Crippen LogP contribution is 2.10. The van der Waals surface area contributed by atoms with Crippen LogP contribution in [0.5, 0.6) is 0 Å². The van der Waals surface area contributed by atoms with Crippen molar-refractivity contribution < 1.29 is 4.79 Å². The molecule has 0 aliphatic carbocycles. The minimum absolute atomic E-state index is 0.0272. The van der Waals surface area contributed by atoms with Crippen LogP contribution in [-0.2, 0) is 4.79 Å². The topological polar surface area (TPSA) is 44.4 Å². The molecule has 0 aromatic heterocycles. The van der Waals surface area contributed by atoms with Crippen LogP contribution in [0.3, 0.4) is 0 Å². The minimum Gasteiger partial charge on any atom is -0.344 e. The number of terminal acetylenes is 1. The average Bonchev–Trinajstić information content (AvgIpc) is 2.87. The maximum Gasteiger partial charge on any atom is 0.237 e. The molecule has 2 atom stereocenters. The van der Waals surface area contributed by atoms with E-state index in [1.54, 1.807) is 0 Å². The van der Waals surface area contributed by atoms with Gasteiger partial charge < -0.3 is 10.6 Å². The fraction of sp³-hybridized carbons (Fsp3) is 0.786. The second-order valence-corrected chi connectivity index (χ2v) is 4.89. The van der Waals surface area contributed by atoms with E-state index in [1.807, 2.05) is 6.92 Å². The van der Waals surface area contributed by atoms with Crippen LogP contribution >= 0.6 is 0 Å². The third-order valence-electron chi connectivity index (χ3n) is 3.42. The second-order valence-electron chi connectivity index (χ2n) is 4.89. The summed E-state index contributed by atoms with van der Waals surface area (Å²) in [5, 5.41) is 6.24. The lowest BCUT2D eigenvalue weighted by Gasteiger charge is -2.30. The highest BCUT2D eigenvalue weighted by molar-refractivity contribution is 5.81. The van der Waals surface area contributed by atoms with Crippen molar-refractivity contribution in [2.24, 2.45) is 0 Å². The van der Waals surface area contributed by atoms with E-state index in [0.29, 0.717) is 12.6 Å². The van der Waals surface area contributed by atoms with Crippen molar-refractivity contribution in [3.63, 3.8) is 0 Å². The molecular formula is C14H25N3O. The van der Waals surface area contributed by atoms with E-state index in [-0.39, 0.29) is 11.9 Å². The van der Waals surface area contributed by atoms with Gasteiger partial charge in [-0.1, -0.05) is 12.8 Å². The number of carbonyl (C=O) groups is 1. The molecule has 0 spiro atoms. The van der Waals surface area contributed by atoms with Crippen molar-refractivity contribution in [1.29, 1.82) is 0 Å². The molecule has 4 nitrogen and oxygen atoms in total. The van der Waals surface area contributed by atoms with Gasteiger partial charge in [0.25, 0.3) is 0 Å². The highest BCUT2D eigenvalue weighted by atomic mass is 16.2. The highest BCUT2D eigenvalue weighted by Gasteiger charge is 2.24. The Bertz CT molecular complexity index is 292. The molecule has 0 bridgehead atoms. The summed E-state index contributed by atoms with van der Waals surface area (Å²) in [7, 11) is 0. The first-order valence-corrected chi connectivity index (χ1v) is 6.87. The Kier molecular flexibility index (Phi) is 6.77. The molecule has 1 heterocycles. The molecule has 1 rings (SSSR count). The van der Waals surface area contributed by atoms with Crippen LogP contribution in [-0.4, -0.2) is 49.1 Å². The normalized spacial score (nSPS) is 20.7. The maximum atomic E-state index is 11.9. The zero-order valence-corrected chi connectivity index (χ0v) is 11.5. The SMILES string of the molecule is C#CCNC(=O)C(C)N(CCC)CC1CCCN1. The molecule has 102 valence electrons. The Morgan fingerprint density at radius 2 is 2.44 bits per heavy atom. The number of nitrogens with one attached hydrogen (secondary N) is 2. The Hall–Kier alpha value is -1.05. The summed E-state index contributed by atoms with van der Waals surface area (Å²) in [5.41, 5.74) is 0. The average molecular weight is 251 g/mol. The van der Waals surface area contributed by atoms with Gasteiger partial charge in [0.2, 0.25) is 5.91 Å². The van der Waals surface area contributed by atoms with Crippen molar-refractivity contribution in [1.82, 2.24) is 15.5 Å². The molecule has 0 saturated carbocycles. The zero-order chi connectivity index (χ0) is 13.4. The van der Waals surface area contributed by atoms with Gasteiger partial charge in [0.05, 0.1) is 12.6 Å². The van der Waals surface area contributed by atoms with Gasteiger partial charge in [-0.25, -0.2) is 0 Å². The number of hydrogen-bond acceptors (Lipinski definition) is 3. The Morgan fingerprint density at radius 3 is 3.00 bits per heavy atom. The molecule has 1 saturated heterocycles. The Morgan fingerprint density at radius 1 is 1.67 bits per heavy atom. The summed E-state index contributed by atoms with van der Waals surface area (Å²) in [6.45, 7) is 7.39. The molecule has 0 aromatic carbocycles. The summed E-state index contributed by atoms with van der Waals surface area (Å²) >= 11 is 0. The summed E-state index contributed by atoms with van der Waals surface area (Å²) in [6.07, 6.45) is 8.66. The van der Waals surface area contributed by atoms with Gasteiger partial charge in [0.15, 0.2) is 0 Å². The van der Waals surface area contributed by atoms with Crippen LogP contribution in [0.4, 0.5) is 0 Å². The largest absolute Gasteiger partial charge is 0.344 e. The van der Waals surface area contributed by atoms with Crippen LogP contribution in [0.2, 0.25) is 0 Å². The molecule has 1 amide bonds. The monoisotopic (exact) mass is 251 g/mol. The number of hydrogen-bond donors (Lipinski definition) is 2. The molecule has 4 heteroatoms. The van der Waals surface area contributed by atoms with E-state index in [9.17, 15) is 4.79 Å². The van der Waals surface area contributed by atoms with Gasteiger partial charge >= 0.3 is 0 Å². The molecule has 2 N–H and O–H groups in total. The second kappa shape index (κ2) is 8.12. The fourth-order valence-corrected chi connectivity index (χ4v) is 2.38. The van der Waals surface area contributed by atoms with Crippen molar-refractivity contribution in [2.75, 3.05) is 26.2 Å². The molecule has 1 aliphatic heterocycles. The van der Waals surface area contributed by atoms with Crippen LogP contribution < -0.4 is 10.6 Å². The number of carbonyl (C=O) groups excluding carboxylic acids is 1. The summed E-state index contributed by atoms with van der Waals surface area (Å²) < 4.78 is 0. The van der Waals surface area contributed by atoms with E-state index >= 15 is 0 Å². The summed E-state index contributed by atoms with van der Waals surface area (Å²) in [5.74, 6) is 2.46. The van der Waals surface area contributed by atoms with Crippen LogP contribution in [0.1, 0.15) is 33.1 Å². The number of nitrogens with zero attached hydrogens (tertiary/aromatic N) is 1. The van der Waals surface area contributed by atoms with Crippen LogP contribution in [0.25, 0.3) is 0 Å². The van der Waals surface area contributed by atoms with Gasteiger partial charge in [-0.15, -0.1) is 6.42 Å². The van der Waals surface area contributed by atoms with Gasteiger partial charge in [-0.3, -0.25) is 9.69 Å². The standard InChI is InChI=1S/C14H25N3O/c1-4-8-16-14(18)12(3)17(10-5-2)11-13-7-6-9-15-13/h1,12-13,15H,5-11H2,2-3H3,(H,16,18). The zero-order valence-electron chi connectivity index (χ0n) is 11.5. The lowest BCUT2D eigenvalue weighted by Crippen LogP contribution is -2.49. The van der Waals surface area contributed by atoms with E-state index < -0.39 is 0 Å². The van der Waals surface area contributed by atoms with E-state index in [0.717, 1.165) is 26.1 Å². The van der Waals surface area contributed by atoms with Crippen molar-refractivity contribution in [2.45, 2.75) is 45.2 Å². The lowest BCUT2D eigenvalue weighted by atomic mass is 10.1. The van der Waals surface area contributed by atoms with Crippen LogP contribution in [0, 0.1) is 12.3 Å². The molecule has 18 heavy (non-hydrogen) atoms. The Balaban J connectivity index is 2.48. The molecule has 2 unspecified atom stereocenters. The molecule has 1 aliphatic rings. The fourth-order valence-electron chi connectivity index (χ4n) is 2.38. The van der Waals surface area contributed by atoms with Gasteiger partial charge in [-0.2, -0.15) is 0 Å². The van der Waals surface area contributed by atoms with Crippen molar-refractivity contribution in [3.05, 3.63) is 0 Å². The first-order valence-electron chi connectivity index (χ1n) is 6.87. The van der Waals surface area contributed by atoms with Crippen molar-refractivity contribution in [3.8, 4) is 12.3 Å².